The molecule has 210 valence electrons. The van der Waals surface area contributed by atoms with Crippen LogP contribution in [0.1, 0.15) is 53.2 Å². The van der Waals surface area contributed by atoms with Crippen LogP contribution >= 0.6 is 22.7 Å². The minimum absolute atomic E-state index is 0.227. The van der Waals surface area contributed by atoms with E-state index in [4.69, 9.17) is 14.2 Å². The van der Waals surface area contributed by atoms with Crippen LogP contribution in [0.25, 0.3) is 6.08 Å². The second-order valence-corrected chi connectivity index (χ2v) is 11.1. The molecule has 10 heteroatoms. The zero-order chi connectivity index (χ0) is 28.9. The first-order valence-electron chi connectivity index (χ1n) is 13.1. The van der Waals surface area contributed by atoms with Gasteiger partial charge in [0.1, 0.15) is 18.4 Å². The van der Waals surface area contributed by atoms with Crippen molar-refractivity contribution in [3.8, 4) is 5.75 Å². The van der Waals surface area contributed by atoms with Crippen LogP contribution in [0.5, 0.6) is 5.75 Å². The number of aromatic nitrogens is 1. The fraction of sp³-hybridized carbons (Fsp3) is 0.226. The van der Waals surface area contributed by atoms with Gasteiger partial charge in [0.15, 0.2) is 4.80 Å². The van der Waals surface area contributed by atoms with Crippen molar-refractivity contribution in [3.05, 3.63) is 119 Å². The topological polar surface area (TPSA) is 96.2 Å². The van der Waals surface area contributed by atoms with Crippen molar-refractivity contribution >= 4 is 40.7 Å². The SMILES string of the molecule is CCOC(=O)C1=C(C)N=c2s/c(=C\c3cccc(OCc4ccc(C(=O)OCC)cc4)c3)c(=O)n2[C@@H]1c1cccs1. The Hall–Kier alpha value is -4.28. The van der Waals surface area contributed by atoms with Gasteiger partial charge in [0.2, 0.25) is 0 Å². The molecular weight excluding hydrogens is 560 g/mol. The average Bonchev–Trinajstić information content (AvgIpc) is 3.60. The van der Waals surface area contributed by atoms with Crippen molar-refractivity contribution in [2.75, 3.05) is 13.2 Å². The summed E-state index contributed by atoms with van der Waals surface area (Å²) in [5.74, 6) is -0.188. The molecule has 0 spiro atoms. The van der Waals surface area contributed by atoms with E-state index >= 15 is 0 Å². The van der Waals surface area contributed by atoms with E-state index in [0.717, 1.165) is 16.0 Å². The second kappa shape index (κ2) is 12.5. The smallest absolute Gasteiger partial charge is 0.338 e. The minimum Gasteiger partial charge on any atom is -0.489 e. The standard InChI is InChI=1S/C31H28N2O6S2/c1-4-37-29(35)22-13-11-20(12-14-22)18-39-23-9-6-8-21(16-23)17-25-28(34)33-27(24-10-7-15-40-24)26(30(36)38-5-2)19(3)32-31(33)41-25/h6-17,27H,4-5,18H2,1-3H3/b25-17-/t27-/m1/s1. The number of carbonyl (C=O) groups is 2. The van der Waals surface area contributed by atoms with Crippen LogP contribution in [0.3, 0.4) is 0 Å². The Morgan fingerprint density at radius 3 is 2.46 bits per heavy atom. The van der Waals surface area contributed by atoms with Crippen LogP contribution < -0.4 is 19.6 Å². The molecule has 0 saturated heterocycles. The van der Waals surface area contributed by atoms with Gasteiger partial charge in [-0.25, -0.2) is 14.6 Å². The molecule has 2 aromatic carbocycles. The normalized spacial score (nSPS) is 14.8. The maximum absolute atomic E-state index is 13.7. The molecule has 8 nitrogen and oxygen atoms in total. The van der Waals surface area contributed by atoms with Crippen LogP contribution in [-0.2, 0) is 20.9 Å². The van der Waals surface area contributed by atoms with Crippen LogP contribution in [-0.4, -0.2) is 29.7 Å². The Labute approximate surface area is 244 Å². The fourth-order valence-corrected chi connectivity index (χ4v) is 6.34. The number of carbonyl (C=O) groups excluding carboxylic acids is 2. The molecule has 5 rings (SSSR count). The number of hydrogen-bond acceptors (Lipinski definition) is 9. The highest BCUT2D eigenvalue weighted by atomic mass is 32.1. The van der Waals surface area contributed by atoms with E-state index in [1.165, 1.54) is 22.7 Å². The lowest BCUT2D eigenvalue weighted by molar-refractivity contribution is -0.139. The highest BCUT2D eigenvalue weighted by molar-refractivity contribution is 7.10. The summed E-state index contributed by atoms with van der Waals surface area (Å²) in [6, 6.07) is 17.7. The van der Waals surface area contributed by atoms with Gasteiger partial charge in [0, 0.05) is 4.88 Å². The van der Waals surface area contributed by atoms with Crippen LogP contribution in [0.4, 0.5) is 0 Å². The Balaban J connectivity index is 1.42. The van der Waals surface area contributed by atoms with E-state index in [2.05, 4.69) is 4.99 Å². The average molecular weight is 589 g/mol. The number of nitrogens with zero attached hydrogens (tertiary/aromatic N) is 2. The van der Waals surface area contributed by atoms with E-state index in [-0.39, 0.29) is 18.1 Å². The van der Waals surface area contributed by atoms with Crippen LogP contribution in [0, 0.1) is 0 Å². The first kappa shape index (κ1) is 28.3. The second-order valence-electron chi connectivity index (χ2n) is 9.10. The van der Waals surface area contributed by atoms with Gasteiger partial charge in [-0.2, -0.15) is 0 Å². The summed E-state index contributed by atoms with van der Waals surface area (Å²) < 4.78 is 18.4. The Morgan fingerprint density at radius 2 is 1.76 bits per heavy atom. The summed E-state index contributed by atoms with van der Waals surface area (Å²) in [6.07, 6.45) is 1.81. The molecule has 0 aliphatic carbocycles. The molecule has 0 amide bonds. The maximum atomic E-state index is 13.7. The first-order valence-corrected chi connectivity index (χ1v) is 14.8. The minimum atomic E-state index is -0.600. The summed E-state index contributed by atoms with van der Waals surface area (Å²) in [5.41, 5.74) is 2.87. The molecule has 0 unspecified atom stereocenters. The van der Waals surface area contributed by atoms with Gasteiger partial charge in [-0.05, 0) is 73.7 Å². The fourth-order valence-electron chi connectivity index (χ4n) is 4.47. The van der Waals surface area contributed by atoms with E-state index < -0.39 is 12.0 Å². The Kier molecular flexibility index (Phi) is 8.61. The third kappa shape index (κ3) is 6.08. The Bertz CT molecular complexity index is 1780. The van der Waals surface area contributed by atoms with E-state index in [9.17, 15) is 14.4 Å². The predicted octanol–water partition coefficient (Wildman–Crippen LogP) is 4.62. The number of hydrogen-bond donors (Lipinski definition) is 0. The molecular formula is C31H28N2O6S2. The van der Waals surface area contributed by atoms with Gasteiger partial charge >= 0.3 is 11.9 Å². The van der Waals surface area contributed by atoms with E-state index in [1.54, 1.807) is 43.5 Å². The van der Waals surface area contributed by atoms with Gasteiger partial charge in [-0.3, -0.25) is 9.36 Å². The molecule has 0 radical (unpaired) electrons. The number of benzene rings is 2. The van der Waals surface area contributed by atoms with Gasteiger partial charge in [-0.1, -0.05) is 41.7 Å². The molecule has 1 atom stereocenters. The number of ether oxygens (including phenoxy) is 3. The molecule has 0 bridgehead atoms. The van der Waals surface area contributed by atoms with E-state index in [1.807, 2.05) is 53.9 Å². The van der Waals surface area contributed by atoms with Gasteiger partial charge in [-0.15, -0.1) is 11.3 Å². The Morgan fingerprint density at radius 1 is 1.00 bits per heavy atom. The maximum Gasteiger partial charge on any atom is 0.338 e. The number of rotatable bonds is 9. The third-order valence-corrected chi connectivity index (χ3v) is 8.26. The van der Waals surface area contributed by atoms with Gasteiger partial charge in [0.25, 0.3) is 5.56 Å². The largest absolute Gasteiger partial charge is 0.489 e. The van der Waals surface area contributed by atoms with Crippen molar-refractivity contribution in [2.24, 2.45) is 4.99 Å². The molecule has 1 aliphatic heterocycles. The van der Waals surface area contributed by atoms with Crippen molar-refractivity contribution in [2.45, 2.75) is 33.4 Å². The molecule has 0 saturated carbocycles. The van der Waals surface area contributed by atoms with Crippen molar-refractivity contribution in [3.63, 3.8) is 0 Å². The number of fused-ring (bicyclic) bond motifs is 1. The number of thiophene rings is 1. The van der Waals surface area contributed by atoms with Gasteiger partial charge < -0.3 is 14.2 Å². The van der Waals surface area contributed by atoms with Crippen LogP contribution in [0.2, 0.25) is 0 Å². The molecule has 4 aromatic rings. The summed E-state index contributed by atoms with van der Waals surface area (Å²) in [7, 11) is 0. The highest BCUT2D eigenvalue weighted by Gasteiger charge is 2.33. The number of thiazole rings is 1. The van der Waals surface area contributed by atoms with Crippen molar-refractivity contribution in [1.82, 2.24) is 4.57 Å². The first-order chi connectivity index (χ1) is 19.9. The number of esters is 2. The zero-order valence-electron chi connectivity index (χ0n) is 22.8. The molecule has 0 N–H and O–H groups in total. The van der Waals surface area contributed by atoms with Crippen molar-refractivity contribution < 1.29 is 23.8 Å². The molecule has 3 heterocycles. The summed E-state index contributed by atoms with van der Waals surface area (Å²) in [5, 5.41) is 1.92. The molecule has 2 aromatic heterocycles. The molecule has 41 heavy (non-hydrogen) atoms. The van der Waals surface area contributed by atoms with Gasteiger partial charge in [0.05, 0.1) is 34.6 Å². The predicted molar refractivity (Wildman–Crippen MR) is 158 cm³/mol. The quantitative estimate of drug-likeness (QED) is 0.265. The van der Waals surface area contributed by atoms with Crippen molar-refractivity contribution in [1.29, 1.82) is 0 Å². The highest BCUT2D eigenvalue weighted by Crippen LogP contribution is 2.33. The van der Waals surface area contributed by atoms with E-state index in [0.29, 0.717) is 45.1 Å². The summed E-state index contributed by atoms with van der Waals surface area (Å²) >= 11 is 2.76. The molecule has 1 aliphatic rings. The molecule has 0 fully saturated rings. The summed E-state index contributed by atoms with van der Waals surface area (Å²) in [4.78, 5) is 44.5. The summed E-state index contributed by atoms with van der Waals surface area (Å²) in [6.45, 7) is 6.16. The monoisotopic (exact) mass is 588 g/mol. The lowest BCUT2D eigenvalue weighted by atomic mass is 10.0. The lowest BCUT2D eigenvalue weighted by Gasteiger charge is -2.23. The lowest BCUT2D eigenvalue weighted by Crippen LogP contribution is -2.39. The van der Waals surface area contributed by atoms with Crippen LogP contribution in [0.15, 0.2) is 87.1 Å². The number of allylic oxidation sites excluding steroid dienone is 1. The third-order valence-electron chi connectivity index (χ3n) is 6.36. The zero-order valence-corrected chi connectivity index (χ0v) is 24.4.